The van der Waals surface area contributed by atoms with Crippen molar-refractivity contribution in [2.45, 2.75) is 40.0 Å². The first-order valence-corrected chi connectivity index (χ1v) is 7.10. The van der Waals surface area contributed by atoms with Crippen molar-refractivity contribution < 1.29 is 9.59 Å². The number of nitrogens with zero attached hydrogens (tertiary/aromatic N) is 1. The molecular weight excluding hydrogens is 262 g/mol. The molecule has 0 atom stereocenters. The van der Waals surface area contributed by atoms with Crippen LogP contribution in [0.2, 0.25) is 0 Å². The number of nitrogens with one attached hydrogen (secondary N) is 1. The van der Waals surface area contributed by atoms with Crippen LogP contribution >= 0.6 is 12.2 Å². The molecule has 0 unspecified atom stereocenters. The Morgan fingerprint density at radius 1 is 1.26 bits per heavy atom. The summed E-state index contributed by atoms with van der Waals surface area (Å²) in [6.07, 6.45) is 1.88. The standard InChI is InChI=1S/C13H25N3O2S/c1-5-8-16(9-10(17)15-4)12(18)13(6-2,7-3)11(14)19/h5-9H2,1-4H3,(H2,14,19)(H,15,17). The lowest BCUT2D eigenvalue weighted by Gasteiger charge is -2.34. The largest absolute Gasteiger partial charge is 0.392 e. The number of rotatable bonds is 8. The van der Waals surface area contributed by atoms with E-state index < -0.39 is 5.41 Å². The minimum absolute atomic E-state index is 0.0491. The number of carbonyl (C=O) groups excluding carboxylic acids is 2. The van der Waals surface area contributed by atoms with Crippen LogP contribution in [0.25, 0.3) is 0 Å². The van der Waals surface area contributed by atoms with E-state index in [1.807, 2.05) is 20.8 Å². The molecule has 0 fully saturated rings. The van der Waals surface area contributed by atoms with Crippen LogP contribution in [-0.4, -0.2) is 41.8 Å². The van der Waals surface area contributed by atoms with Gasteiger partial charge < -0.3 is 16.0 Å². The van der Waals surface area contributed by atoms with Gasteiger partial charge >= 0.3 is 0 Å². The van der Waals surface area contributed by atoms with Gasteiger partial charge in [0, 0.05) is 13.6 Å². The van der Waals surface area contributed by atoms with E-state index >= 15 is 0 Å². The van der Waals surface area contributed by atoms with Crippen molar-refractivity contribution in [3.8, 4) is 0 Å². The normalized spacial score (nSPS) is 10.9. The molecule has 0 saturated carbocycles. The minimum Gasteiger partial charge on any atom is -0.392 e. The van der Waals surface area contributed by atoms with E-state index in [2.05, 4.69) is 5.32 Å². The summed E-state index contributed by atoms with van der Waals surface area (Å²) in [6.45, 7) is 6.32. The van der Waals surface area contributed by atoms with Crippen molar-refractivity contribution in [2.24, 2.45) is 11.1 Å². The molecule has 0 aromatic carbocycles. The van der Waals surface area contributed by atoms with E-state index in [9.17, 15) is 9.59 Å². The summed E-state index contributed by atoms with van der Waals surface area (Å²) in [5.74, 6) is -0.332. The predicted octanol–water partition coefficient (Wildman–Crippen LogP) is 1.06. The maximum atomic E-state index is 12.7. The lowest BCUT2D eigenvalue weighted by Crippen LogP contribution is -2.52. The van der Waals surface area contributed by atoms with Gasteiger partial charge in [0.05, 0.1) is 16.9 Å². The summed E-state index contributed by atoms with van der Waals surface area (Å²) in [7, 11) is 1.55. The van der Waals surface area contributed by atoms with E-state index in [-0.39, 0.29) is 23.3 Å². The Balaban J connectivity index is 5.24. The molecule has 2 amide bonds. The Bertz CT molecular complexity index is 341. The Morgan fingerprint density at radius 2 is 1.79 bits per heavy atom. The summed E-state index contributed by atoms with van der Waals surface area (Å²) in [5, 5.41) is 2.53. The average molecular weight is 287 g/mol. The molecule has 0 aliphatic carbocycles. The third kappa shape index (κ3) is 4.16. The molecule has 0 spiro atoms. The molecule has 5 nitrogen and oxygen atoms in total. The van der Waals surface area contributed by atoms with Crippen molar-refractivity contribution in [1.82, 2.24) is 10.2 Å². The molecule has 0 bridgehead atoms. The van der Waals surface area contributed by atoms with Crippen LogP contribution in [0, 0.1) is 5.41 Å². The monoisotopic (exact) mass is 287 g/mol. The maximum absolute atomic E-state index is 12.7. The summed E-state index contributed by atoms with van der Waals surface area (Å²) in [4.78, 5) is 25.9. The van der Waals surface area contributed by atoms with E-state index in [0.29, 0.717) is 19.4 Å². The number of hydrogen-bond donors (Lipinski definition) is 2. The van der Waals surface area contributed by atoms with Crippen molar-refractivity contribution in [1.29, 1.82) is 0 Å². The summed E-state index contributed by atoms with van der Waals surface area (Å²) >= 11 is 5.08. The summed E-state index contributed by atoms with van der Waals surface area (Å²) < 4.78 is 0. The first-order valence-electron chi connectivity index (χ1n) is 6.69. The molecule has 0 aliphatic rings. The van der Waals surface area contributed by atoms with Crippen LogP contribution in [0.1, 0.15) is 40.0 Å². The van der Waals surface area contributed by atoms with Crippen LogP contribution in [-0.2, 0) is 9.59 Å². The number of carbonyl (C=O) groups is 2. The fourth-order valence-electron chi connectivity index (χ4n) is 2.08. The number of nitrogens with two attached hydrogens (primary N) is 1. The highest BCUT2D eigenvalue weighted by Gasteiger charge is 2.41. The molecular formula is C13H25N3O2S. The molecule has 6 heteroatoms. The van der Waals surface area contributed by atoms with Crippen LogP contribution in [0.3, 0.4) is 0 Å². The molecule has 0 aliphatic heterocycles. The second-order valence-electron chi connectivity index (χ2n) is 4.55. The molecule has 110 valence electrons. The molecule has 0 radical (unpaired) electrons. The fourth-order valence-corrected chi connectivity index (χ4v) is 2.46. The van der Waals surface area contributed by atoms with E-state index in [0.717, 1.165) is 6.42 Å². The highest BCUT2D eigenvalue weighted by molar-refractivity contribution is 7.80. The predicted molar refractivity (Wildman–Crippen MR) is 80.7 cm³/mol. The average Bonchev–Trinajstić information content (AvgIpc) is 2.39. The van der Waals surface area contributed by atoms with Crippen molar-refractivity contribution in [3.63, 3.8) is 0 Å². The zero-order chi connectivity index (χ0) is 15.1. The zero-order valence-electron chi connectivity index (χ0n) is 12.3. The van der Waals surface area contributed by atoms with Crippen molar-refractivity contribution >= 4 is 29.0 Å². The fraction of sp³-hybridized carbons (Fsp3) is 0.769. The summed E-state index contributed by atoms with van der Waals surface area (Å²) in [5.41, 5.74) is 4.94. The molecule has 0 aromatic rings. The number of thiocarbonyl (C=S) groups is 1. The second-order valence-corrected chi connectivity index (χ2v) is 4.99. The van der Waals surface area contributed by atoms with Crippen LogP contribution in [0.15, 0.2) is 0 Å². The van der Waals surface area contributed by atoms with Gasteiger partial charge in [0.1, 0.15) is 0 Å². The molecule has 0 rings (SSSR count). The quantitative estimate of drug-likeness (QED) is 0.655. The first-order chi connectivity index (χ1) is 8.89. The Morgan fingerprint density at radius 3 is 2.11 bits per heavy atom. The van der Waals surface area contributed by atoms with E-state index in [4.69, 9.17) is 18.0 Å². The third-order valence-corrected chi connectivity index (χ3v) is 3.87. The molecule has 3 N–H and O–H groups in total. The lowest BCUT2D eigenvalue weighted by atomic mass is 9.80. The summed E-state index contributed by atoms with van der Waals surface area (Å²) in [6, 6.07) is 0. The maximum Gasteiger partial charge on any atom is 0.239 e. The highest BCUT2D eigenvalue weighted by atomic mass is 32.1. The zero-order valence-corrected chi connectivity index (χ0v) is 13.1. The molecule has 0 saturated heterocycles. The van der Waals surface area contributed by atoms with Gasteiger partial charge in [0.2, 0.25) is 11.8 Å². The van der Waals surface area contributed by atoms with Crippen LogP contribution in [0.5, 0.6) is 0 Å². The van der Waals surface area contributed by atoms with Gasteiger partial charge in [0.25, 0.3) is 0 Å². The Labute approximate surface area is 120 Å². The van der Waals surface area contributed by atoms with Gasteiger partial charge in [-0.25, -0.2) is 0 Å². The third-order valence-electron chi connectivity index (χ3n) is 3.48. The number of amides is 2. The van der Waals surface area contributed by atoms with Crippen molar-refractivity contribution in [3.05, 3.63) is 0 Å². The van der Waals surface area contributed by atoms with Gasteiger partial charge in [-0.1, -0.05) is 33.0 Å². The van der Waals surface area contributed by atoms with E-state index in [1.54, 1.807) is 11.9 Å². The molecule has 0 aromatic heterocycles. The molecule has 19 heavy (non-hydrogen) atoms. The lowest BCUT2D eigenvalue weighted by molar-refractivity contribution is -0.142. The van der Waals surface area contributed by atoms with Gasteiger partial charge in [-0.05, 0) is 19.3 Å². The number of hydrogen-bond acceptors (Lipinski definition) is 3. The number of likely N-dealkylation sites (N-methyl/N-ethyl adjacent to an activating group) is 1. The van der Waals surface area contributed by atoms with Crippen molar-refractivity contribution in [2.75, 3.05) is 20.1 Å². The highest BCUT2D eigenvalue weighted by Crippen LogP contribution is 2.29. The van der Waals surface area contributed by atoms with Gasteiger partial charge in [-0.2, -0.15) is 0 Å². The van der Waals surface area contributed by atoms with Gasteiger partial charge in [0.15, 0.2) is 0 Å². The van der Waals surface area contributed by atoms with Gasteiger partial charge in [-0.3, -0.25) is 9.59 Å². The Hall–Kier alpha value is -1.17. The smallest absolute Gasteiger partial charge is 0.239 e. The first kappa shape index (κ1) is 17.8. The van der Waals surface area contributed by atoms with Crippen LogP contribution in [0.4, 0.5) is 0 Å². The second kappa shape index (κ2) is 8.09. The van der Waals surface area contributed by atoms with Crippen LogP contribution < -0.4 is 11.1 Å². The van der Waals surface area contributed by atoms with E-state index in [1.165, 1.54) is 0 Å². The minimum atomic E-state index is -0.835. The topological polar surface area (TPSA) is 75.4 Å². The Kier molecular flexibility index (Phi) is 7.59. The SMILES string of the molecule is CCCN(CC(=O)NC)C(=O)C(CC)(CC)C(N)=S. The molecule has 0 heterocycles. The van der Waals surface area contributed by atoms with Gasteiger partial charge in [-0.15, -0.1) is 0 Å².